The van der Waals surface area contributed by atoms with Crippen molar-refractivity contribution in [3.8, 4) is 5.75 Å². The summed E-state index contributed by atoms with van der Waals surface area (Å²) in [5.74, 6) is -1.96. The zero-order valence-electron chi connectivity index (χ0n) is 8.37. The highest BCUT2D eigenvalue weighted by Gasteiger charge is 2.07. The molecule has 0 amide bonds. The zero-order chi connectivity index (χ0) is 11.1. The Morgan fingerprint density at radius 2 is 1.93 bits per heavy atom. The van der Waals surface area contributed by atoms with Crippen LogP contribution in [0, 0.1) is 11.6 Å². The molecule has 0 spiro atoms. The normalized spacial score (nSPS) is 10.9. The maximum Gasteiger partial charge on any atom is 0.200 e. The van der Waals surface area contributed by atoms with E-state index in [0.29, 0.717) is 6.61 Å². The predicted molar refractivity (Wildman–Crippen MR) is 52.9 cm³/mol. The number of ether oxygens (including phenoxy) is 2. The van der Waals surface area contributed by atoms with Crippen LogP contribution in [0.15, 0.2) is 30.4 Å². The van der Waals surface area contributed by atoms with Crippen molar-refractivity contribution >= 4 is 0 Å². The topological polar surface area (TPSA) is 18.5 Å². The number of benzene rings is 1. The Bertz CT molecular complexity index is 337. The third-order valence-corrected chi connectivity index (χ3v) is 1.68. The van der Waals surface area contributed by atoms with E-state index in [1.807, 2.05) is 0 Å². The molecule has 0 radical (unpaired) electrons. The lowest BCUT2D eigenvalue weighted by Gasteiger charge is -2.04. The van der Waals surface area contributed by atoms with Crippen LogP contribution in [0.3, 0.4) is 0 Å². The smallest absolute Gasteiger partial charge is 0.200 e. The van der Waals surface area contributed by atoms with Crippen LogP contribution in [0.1, 0.15) is 0 Å². The molecule has 0 atom stereocenters. The maximum absolute atomic E-state index is 13.0. The Labute approximate surface area is 87.1 Å². The standard InChI is InChI=1S/C11H12F2O2/c1-14-7-2-3-8-15-10-6-4-5-9(12)11(10)13/h2-6H,7-8H2,1H3/b3-2+. The van der Waals surface area contributed by atoms with E-state index < -0.39 is 11.6 Å². The van der Waals surface area contributed by atoms with Gasteiger partial charge in [-0.15, -0.1) is 0 Å². The lowest BCUT2D eigenvalue weighted by molar-refractivity contribution is 0.233. The summed E-state index contributed by atoms with van der Waals surface area (Å²) in [6.07, 6.45) is 3.41. The Morgan fingerprint density at radius 3 is 2.67 bits per heavy atom. The molecule has 82 valence electrons. The predicted octanol–water partition coefficient (Wildman–Crippen LogP) is 2.55. The first-order valence-corrected chi connectivity index (χ1v) is 4.46. The van der Waals surface area contributed by atoms with Crippen LogP contribution in [0.5, 0.6) is 5.75 Å². The molecular weight excluding hydrogens is 202 g/mol. The summed E-state index contributed by atoms with van der Waals surface area (Å²) in [5, 5.41) is 0. The van der Waals surface area contributed by atoms with Crippen molar-refractivity contribution in [2.24, 2.45) is 0 Å². The van der Waals surface area contributed by atoms with E-state index in [1.165, 1.54) is 12.1 Å². The SMILES string of the molecule is COC/C=C/COc1cccc(F)c1F. The van der Waals surface area contributed by atoms with Crippen LogP contribution in [0.4, 0.5) is 8.78 Å². The molecule has 0 heterocycles. The Balaban J connectivity index is 2.47. The van der Waals surface area contributed by atoms with Gasteiger partial charge in [0.2, 0.25) is 5.82 Å². The molecule has 1 rings (SSSR count). The van der Waals surface area contributed by atoms with Gasteiger partial charge in [0.15, 0.2) is 11.6 Å². The second-order valence-electron chi connectivity index (χ2n) is 2.79. The molecule has 0 aromatic heterocycles. The van der Waals surface area contributed by atoms with Gasteiger partial charge in [-0.25, -0.2) is 4.39 Å². The molecule has 0 unspecified atom stereocenters. The minimum Gasteiger partial charge on any atom is -0.486 e. The summed E-state index contributed by atoms with van der Waals surface area (Å²) < 4.78 is 35.5. The summed E-state index contributed by atoms with van der Waals surface area (Å²) in [6, 6.07) is 3.82. The van der Waals surface area contributed by atoms with Gasteiger partial charge in [-0.1, -0.05) is 12.1 Å². The first-order chi connectivity index (χ1) is 7.25. The first-order valence-electron chi connectivity index (χ1n) is 4.46. The third kappa shape index (κ3) is 3.67. The molecule has 0 fully saturated rings. The maximum atomic E-state index is 13.0. The monoisotopic (exact) mass is 214 g/mol. The number of halogens is 2. The van der Waals surface area contributed by atoms with E-state index in [9.17, 15) is 8.78 Å². The van der Waals surface area contributed by atoms with Gasteiger partial charge in [0.1, 0.15) is 6.61 Å². The van der Waals surface area contributed by atoms with Crippen LogP contribution in [0.2, 0.25) is 0 Å². The molecule has 1 aromatic rings. The summed E-state index contributed by atoms with van der Waals surface area (Å²) >= 11 is 0. The summed E-state index contributed by atoms with van der Waals surface area (Å²) in [7, 11) is 1.57. The lowest BCUT2D eigenvalue weighted by Crippen LogP contribution is -1.98. The van der Waals surface area contributed by atoms with Crippen molar-refractivity contribution < 1.29 is 18.3 Å². The van der Waals surface area contributed by atoms with Crippen LogP contribution in [0.25, 0.3) is 0 Å². The van der Waals surface area contributed by atoms with Crippen LogP contribution >= 0.6 is 0 Å². The Morgan fingerprint density at radius 1 is 1.20 bits per heavy atom. The molecule has 0 aliphatic heterocycles. The average molecular weight is 214 g/mol. The molecule has 15 heavy (non-hydrogen) atoms. The Hall–Kier alpha value is -1.42. The van der Waals surface area contributed by atoms with Crippen molar-refractivity contribution in [2.75, 3.05) is 20.3 Å². The van der Waals surface area contributed by atoms with Crippen LogP contribution < -0.4 is 4.74 Å². The van der Waals surface area contributed by atoms with E-state index in [2.05, 4.69) is 0 Å². The fourth-order valence-corrected chi connectivity index (χ4v) is 0.966. The number of hydrogen-bond donors (Lipinski definition) is 0. The van der Waals surface area contributed by atoms with Crippen molar-refractivity contribution in [1.29, 1.82) is 0 Å². The first kappa shape index (κ1) is 11.7. The zero-order valence-corrected chi connectivity index (χ0v) is 8.37. The Kier molecular flexibility index (Phi) is 4.77. The fraction of sp³-hybridized carbons (Fsp3) is 0.273. The van der Waals surface area contributed by atoms with Gasteiger partial charge in [0.05, 0.1) is 6.61 Å². The molecule has 0 saturated heterocycles. The number of hydrogen-bond acceptors (Lipinski definition) is 2. The van der Waals surface area contributed by atoms with Crippen LogP contribution in [-0.2, 0) is 4.74 Å². The van der Waals surface area contributed by atoms with Gasteiger partial charge in [0, 0.05) is 7.11 Å². The lowest BCUT2D eigenvalue weighted by atomic mass is 10.3. The fourth-order valence-electron chi connectivity index (χ4n) is 0.966. The van der Waals surface area contributed by atoms with Gasteiger partial charge in [0.25, 0.3) is 0 Å². The molecule has 1 aromatic carbocycles. The minimum absolute atomic E-state index is 0.0860. The highest BCUT2D eigenvalue weighted by atomic mass is 19.2. The molecule has 0 N–H and O–H groups in total. The molecule has 0 aliphatic carbocycles. The highest BCUT2D eigenvalue weighted by Crippen LogP contribution is 2.18. The number of rotatable bonds is 5. The third-order valence-electron chi connectivity index (χ3n) is 1.68. The summed E-state index contributed by atoms with van der Waals surface area (Å²) in [5.41, 5.74) is 0. The van der Waals surface area contributed by atoms with Gasteiger partial charge < -0.3 is 9.47 Å². The molecule has 0 aliphatic rings. The minimum atomic E-state index is -0.961. The molecule has 0 bridgehead atoms. The van der Waals surface area contributed by atoms with Crippen LogP contribution in [-0.4, -0.2) is 20.3 Å². The van der Waals surface area contributed by atoms with E-state index >= 15 is 0 Å². The van der Waals surface area contributed by atoms with Crippen molar-refractivity contribution in [3.05, 3.63) is 42.0 Å². The van der Waals surface area contributed by atoms with Crippen molar-refractivity contribution in [1.82, 2.24) is 0 Å². The second-order valence-corrected chi connectivity index (χ2v) is 2.79. The molecule has 4 heteroatoms. The van der Waals surface area contributed by atoms with E-state index in [0.717, 1.165) is 6.07 Å². The van der Waals surface area contributed by atoms with Gasteiger partial charge in [-0.05, 0) is 18.2 Å². The quantitative estimate of drug-likeness (QED) is 0.701. The molecule has 0 saturated carbocycles. The van der Waals surface area contributed by atoms with E-state index in [4.69, 9.17) is 9.47 Å². The second kappa shape index (κ2) is 6.14. The van der Waals surface area contributed by atoms with Gasteiger partial charge >= 0.3 is 0 Å². The summed E-state index contributed by atoms with van der Waals surface area (Å²) in [6.45, 7) is 0.652. The van der Waals surface area contributed by atoms with Gasteiger partial charge in [-0.2, -0.15) is 4.39 Å². The number of methoxy groups -OCH3 is 1. The van der Waals surface area contributed by atoms with Crippen molar-refractivity contribution in [3.63, 3.8) is 0 Å². The van der Waals surface area contributed by atoms with Crippen molar-refractivity contribution in [2.45, 2.75) is 0 Å². The van der Waals surface area contributed by atoms with Gasteiger partial charge in [-0.3, -0.25) is 0 Å². The molecule has 2 nitrogen and oxygen atoms in total. The highest BCUT2D eigenvalue weighted by molar-refractivity contribution is 5.25. The summed E-state index contributed by atoms with van der Waals surface area (Å²) in [4.78, 5) is 0. The van der Waals surface area contributed by atoms with E-state index in [1.54, 1.807) is 19.3 Å². The van der Waals surface area contributed by atoms with E-state index in [-0.39, 0.29) is 12.4 Å². The largest absolute Gasteiger partial charge is 0.486 e. The molecular formula is C11H12F2O2. The average Bonchev–Trinajstić information content (AvgIpc) is 2.24.